The van der Waals surface area contributed by atoms with Gasteiger partial charge in [0.25, 0.3) is 5.91 Å². The van der Waals surface area contributed by atoms with Crippen molar-refractivity contribution in [3.05, 3.63) is 46.8 Å². The van der Waals surface area contributed by atoms with Crippen molar-refractivity contribution in [2.45, 2.75) is 52.7 Å². The van der Waals surface area contributed by atoms with Crippen LogP contribution in [0.25, 0.3) is 5.69 Å². The van der Waals surface area contributed by atoms with Gasteiger partial charge in [-0.3, -0.25) is 9.59 Å². The highest BCUT2D eigenvalue weighted by Gasteiger charge is 2.38. The second-order valence-corrected chi connectivity index (χ2v) is 10.3. The number of fused-ring (bicyclic) bond motifs is 1. The van der Waals surface area contributed by atoms with Crippen molar-refractivity contribution in [1.82, 2.24) is 20.0 Å². The lowest BCUT2D eigenvalue weighted by atomic mass is 9.85. The number of likely N-dealkylation sites (tertiary alicyclic amines) is 1. The Kier molecular flexibility index (Phi) is 7.23. The third kappa shape index (κ3) is 5.23. The molecular formula is C25H32F2N4O4. The average Bonchev–Trinajstić information content (AvgIpc) is 3.23. The van der Waals surface area contributed by atoms with Gasteiger partial charge in [-0.15, -0.1) is 0 Å². The highest BCUT2D eigenvalue weighted by molar-refractivity contribution is 5.97. The molecule has 0 saturated carbocycles. The number of amides is 2. The Morgan fingerprint density at radius 2 is 1.94 bits per heavy atom. The molecule has 2 aliphatic heterocycles. The molecule has 0 aliphatic carbocycles. The fourth-order valence-electron chi connectivity index (χ4n) is 4.62. The van der Waals surface area contributed by atoms with Crippen LogP contribution in [-0.2, 0) is 22.6 Å². The molecule has 1 saturated heterocycles. The van der Waals surface area contributed by atoms with E-state index in [0.717, 1.165) is 25.0 Å². The first-order valence-corrected chi connectivity index (χ1v) is 11.9. The molecule has 0 radical (unpaired) electrons. The maximum atomic E-state index is 13.9. The summed E-state index contributed by atoms with van der Waals surface area (Å²) in [6, 6.07) is 2.66. The van der Waals surface area contributed by atoms with Crippen LogP contribution in [0.4, 0.5) is 8.78 Å². The van der Waals surface area contributed by atoms with Crippen LogP contribution >= 0.6 is 0 Å². The minimum Gasteiger partial charge on any atom is -0.396 e. The zero-order chi connectivity index (χ0) is 25.3. The van der Waals surface area contributed by atoms with Crippen molar-refractivity contribution in [1.29, 1.82) is 0 Å². The van der Waals surface area contributed by atoms with Gasteiger partial charge in [0.1, 0.15) is 6.04 Å². The molecule has 35 heavy (non-hydrogen) atoms. The monoisotopic (exact) mass is 490 g/mol. The third-order valence-electron chi connectivity index (χ3n) is 6.76. The first-order chi connectivity index (χ1) is 16.6. The number of aliphatic hydroxyl groups is 1. The van der Waals surface area contributed by atoms with Gasteiger partial charge in [0.15, 0.2) is 17.3 Å². The first kappa shape index (κ1) is 25.2. The molecule has 2 aromatic rings. The van der Waals surface area contributed by atoms with Crippen molar-refractivity contribution in [2.24, 2.45) is 11.3 Å². The Labute approximate surface area is 203 Å². The molecule has 1 aromatic heterocycles. The number of hydrogen-bond donors (Lipinski definition) is 2. The minimum atomic E-state index is -1.01. The van der Waals surface area contributed by atoms with Crippen LogP contribution in [-0.4, -0.2) is 63.9 Å². The summed E-state index contributed by atoms with van der Waals surface area (Å²) in [5.74, 6) is -2.48. The maximum absolute atomic E-state index is 13.9. The van der Waals surface area contributed by atoms with Gasteiger partial charge in [-0.2, -0.15) is 5.10 Å². The van der Waals surface area contributed by atoms with E-state index in [2.05, 4.69) is 10.4 Å². The second-order valence-electron chi connectivity index (χ2n) is 10.3. The van der Waals surface area contributed by atoms with Gasteiger partial charge >= 0.3 is 0 Å². The van der Waals surface area contributed by atoms with Gasteiger partial charge in [0.05, 0.1) is 24.6 Å². The van der Waals surface area contributed by atoms with E-state index in [1.165, 1.54) is 10.7 Å². The highest BCUT2D eigenvalue weighted by Crippen LogP contribution is 2.27. The van der Waals surface area contributed by atoms with Gasteiger partial charge in [0, 0.05) is 37.7 Å². The molecule has 1 unspecified atom stereocenters. The predicted octanol–water partition coefficient (Wildman–Crippen LogP) is 2.60. The molecule has 3 heterocycles. The molecule has 0 bridgehead atoms. The summed E-state index contributed by atoms with van der Waals surface area (Å²) in [6.07, 6.45) is 1.89. The number of aliphatic hydroxyl groups excluding tert-OH is 1. The van der Waals surface area contributed by atoms with Crippen LogP contribution in [0, 0.1) is 23.0 Å². The fraction of sp³-hybridized carbons (Fsp3) is 0.560. The fourth-order valence-corrected chi connectivity index (χ4v) is 4.62. The van der Waals surface area contributed by atoms with Crippen molar-refractivity contribution < 1.29 is 28.2 Å². The molecule has 0 spiro atoms. The zero-order valence-corrected chi connectivity index (χ0v) is 20.3. The van der Waals surface area contributed by atoms with Crippen LogP contribution in [0.3, 0.4) is 0 Å². The van der Waals surface area contributed by atoms with Crippen LogP contribution in [0.1, 0.15) is 55.4 Å². The Balaban J connectivity index is 1.61. The normalized spacial score (nSPS) is 17.7. The number of piperidine rings is 1. The number of hydrogen-bond acceptors (Lipinski definition) is 5. The van der Waals surface area contributed by atoms with Gasteiger partial charge in [-0.25, -0.2) is 13.5 Å². The topological polar surface area (TPSA) is 96.7 Å². The van der Waals surface area contributed by atoms with Gasteiger partial charge < -0.3 is 20.1 Å². The van der Waals surface area contributed by atoms with E-state index < -0.39 is 29.0 Å². The van der Waals surface area contributed by atoms with Crippen LogP contribution in [0.15, 0.2) is 18.2 Å². The van der Waals surface area contributed by atoms with E-state index in [4.69, 9.17) is 4.74 Å². The molecule has 2 aliphatic rings. The lowest BCUT2D eigenvalue weighted by Crippen LogP contribution is -2.56. The van der Waals surface area contributed by atoms with Gasteiger partial charge in [-0.05, 0) is 36.3 Å². The summed E-state index contributed by atoms with van der Waals surface area (Å²) in [4.78, 5) is 28.6. The summed E-state index contributed by atoms with van der Waals surface area (Å²) in [5, 5.41) is 16.7. The summed E-state index contributed by atoms with van der Waals surface area (Å²) < 4.78 is 34.4. The lowest BCUT2D eigenvalue weighted by molar-refractivity contribution is -0.137. The second kappa shape index (κ2) is 10.0. The van der Waals surface area contributed by atoms with Crippen molar-refractivity contribution in [3.63, 3.8) is 0 Å². The lowest BCUT2D eigenvalue weighted by Gasteiger charge is -2.38. The average molecular weight is 491 g/mol. The SMILES string of the molecule is CC(C)(C)C(NC(=O)c1nn(-c2ccc(F)c(F)c2)c2c1COCC2)C(=O)N1CCC(CO)CC1. The molecular weight excluding hydrogens is 458 g/mol. The largest absolute Gasteiger partial charge is 0.396 e. The number of carbonyl (C=O) groups excluding carboxylic acids is 2. The Morgan fingerprint density at radius 1 is 1.23 bits per heavy atom. The number of rotatable bonds is 5. The molecule has 8 nitrogen and oxygen atoms in total. The predicted molar refractivity (Wildman–Crippen MR) is 124 cm³/mol. The van der Waals surface area contributed by atoms with Crippen molar-refractivity contribution >= 4 is 11.8 Å². The molecule has 10 heteroatoms. The van der Waals surface area contributed by atoms with Crippen LogP contribution in [0.5, 0.6) is 0 Å². The number of aromatic nitrogens is 2. The van der Waals surface area contributed by atoms with E-state index >= 15 is 0 Å². The van der Waals surface area contributed by atoms with Crippen LogP contribution in [0.2, 0.25) is 0 Å². The molecule has 190 valence electrons. The number of ether oxygens (including phenoxy) is 1. The summed E-state index contributed by atoms with van der Waals surface area (Å²) in [7, 11) is 0. The molecule has 1 aromatic carbocycles. The number of nitrogens with one attached hydrogen (secondary N) is 1. The zero-order valence-electron chi connectivity index (χ0n) is 20.3. The highest BCUT2D eigenvalue weighted by atomic mass is 19.2. The smallest absolute Gasteiger partial charge is 0.272 e. The standard InChI is InChI=1S/C25H32F2N4O4/c1-25(2,3)22(24(34)30-9-6-15(13-32)7-10-30)28-23(33)21-17-14-35-11-8-20(17)31(29-21)16-4-5-18(26)19(27)12-16/h4-5,12,15,22,32H,6-11,13-14H2,1-3H3,(H,28,33). The third-order valence-corrected chi connectivity index (χ3v) is 6.76. The van der Waals surface area contributed by atoms with E-state index in [9.17, 15) is 23.5 Å². The maximum Gasteiger partial charge on any atom is 0.272 e. The quantitative estimate of drug-likeness (QED) is 0.672. The van der Waals surface area contributed by atoms with E-state index in [-0.39, 0.29) is 30.7 Å². The van der Waals surface area contributed by atoms with E-state index in [1.807, 2.05) is 20.8 Å². The van der Waals surface area contributed by atoms with Crippen molar-refractivity contribution in [3.8, 4) is 5.69 Å². The molecule has 2 N–H and O–H groups in total. The van der Waals surface area contributed by atoms with Gasteiger partial charge in [0.2, 0.25) is 5.91 Å². The van der Waals surface area contributed by atoms with Gasteiger partial charge in [-0.1, -0.05) is 20.8 Å². The molecule has 1 atom stereocenters. The summed E-state index contributed by atoms with van der Waals surface area (Å²) in [5.41, 5.74) is 1.10. The number of halogens is 2. The van der Waals surface area contributed by atoms with Crippen LogP contribution < -0.4 is 5.32 Å². The number of nitrogens with zero attached hydrogens (tertiary/aromatic N) is 3. The number of carbonyl (C=O) groups is 2. The molecule has 4 rings (SSSR count). The minimum absolute atomic E-state index is 0.102. The summed E-state index contributed by atoms with van der Waals surface area (Å²) >= 11 is 0. The Hall–Kier alpha value is -2.85. The molecule has 1 fully saturated rings. The Bertz CT molecular complexity index is 1100. The van der Waals surface area contributed by atoms with E-state index in [0.29, 0.717) is 43.1 Å². The van der Waals surface area contributed by atoms with Crippen molar-refractivity contribution in [2.75, 3.05) is 26.3 Å². The molecule has 2 amide bonds. The summed E-state index contributed by atoms with van der Waals surface area (Å²) in [6.45, 7) is 7.38. The first-order valence-electron chi connectivity index (χ1n) is 11.9. The van der Waals surface area contributed by atoms with E-state index in [1.54, 1.807) is 4.90 Å². The Morgan fingerprint density at radius 3 is 2.57 bits per heavy atom. The number of benzene rings is 1.